The number of nitrogens with one attached hydrogen (secondary N) is 1. The van der Waals surface area contributed by atoms with E-state index in [-0.39, 0.29) is 17.5 Å². The summed E-state index contributed by atoms with van der Waals surface area (Å²) in [4.78, 5) is 24.3. The molecule has 1 atom stereocenters. The Bertz CT molecular complexity index is 883. The second-order valence-electron chi connectivity index (χ2n) is 7.13. The van der Waals surface area contributed by atoms with Crippen LogP contribution in [0.3, 0.4) is 0 Å². The van der Waals surface area contributed by atoms with E-state index < -0.39 is 24.3 Å². The number of esters is 1. The number of halogens is 1. The van der Waals surface area contributed by atoms with Crippen LogP contribution < -0.4 is 14.8 Å². The second kappa shape index (κ2) is 9.41. The Hall–Kier alpha value is -3.09. The van der Waals surface area contributed by atoms with Crippen LogP contribution in [0.5, 0.6) is 11.5 Å². The Morgan fingerprint density at radius 2 is 1.86 bits per heavy atom. The number of fused-ring (bicyclic) bond motifs is 1. The van der Waals surface area contributed by atoms with E-state index in [0.717, 1.165) is 18.1 Å². The minimum atomic E-state index is -0.753. The average Bonchev–Trinajstić information content (AvgIpc) is 2.94. The standard InChI is InChI=1S/C22H24FNO5/c1-14(2)21(15-7-8-18-19(12-15)28-10-4-9-27-18)24-20(25)13-29-22(26)16-5-3-6-17(23)11-16/h3,5-8,11-12,14,21H,4,9-10,13H2,1-2H3,(H,24,25)/t21-/m1/s1. The highest BCUT2D eigenvalue weighted by Gasteiger charge is 2.22. The Labute approximate surface area is 169 Å². The molecule has 1 aliphatic rings. The Morgan fingerprint density at radius 1 is 1.10 bits per heavy atom. The molecule has 1 aliphatic heterocycles. The summed E-state index contributed by atoms with van der Waals surface area (Å²) in [5.41, 5.74) is 0.926. The normalized spacial score (nSPS) is 14.1. The fourth-order valence-corrected chi connectivity index (χ4v) is 3.05. The van der Waals surface area contributed by atoms with E-state index in [1.54, 1.807) is 0 Å². The van der Waals surface area contributed by atoms with Crippen molar-refractivity contribution in [2.75, 3.05) is 19.8 Å². The lowest BCUT2D eigenvalue weighted by molar-refractivity contribution is -0.125. The average molecular weight is 401 g/mol. The molecular formula is C22H24FNO5. The van der Waals surface area contributed by atoms with Gasteiger partial charge < -0.3 is 19.5 Å². The van der Waals surface area contributed by atoms with Gasteiger partial charge >= 0.3 is 5.97 Å². The van der Waals surface area contributed by atoms with Gasteiger partial charge in [-0.3, -0.25) is 4.79 Å². The molecule has 0 saturated heterocycles. The quantitative estimate of drug-likeness (QED) is 0.748. The summed E-state index contributed by atoms with van der Waals surface area (Å²) < 4.78 is 29.6. The van der Waals surface area contributed by atoms with Crippen LogP contribution in [0.25, 0.3) is 0 Å². The zero-order chi connectivity index (χ0) is 20.8. The van der Waals surface area contributed by atoms with Crippen molar-refractivity contribution in [2.45, 2.75) is 26.3 Å². The van der Waals surface area contributed by atoms with Gasteiger partial charge in [0.2, 0.25) is 0 Å². The molecule has 0 bridgehead atoms. The van der Waals surface area contributed by atoms with Gasteiger partial charge in [0, 0.05) is 6.42 Å². The highest BCUT2D eigenvalue weighted by atomic mass is 19.1. The topological polar surface area (TPSA) is 73.9 Å². The number of hydrogen-bond acceptors (Lipinski definition) is 5. The van der Waals surface area contributed by atoms with Crippen LogP contribution >= 0.6 is 0 Å². The Kier molecular flexibility index (Phi) is 6.69. The first-order chi connectivity index (χ1) is 13.9. The molecule has 1 N–H and O–H groups in total. The van der Waals surface area contributed by atoms with Crippen LogP contribution in [-0.4, -0.2) is 31.7 Å². The van der Waals surface area contributed by atoms with E-state index in [1.165, 1.54) is 18.2 Å². The molecule has 0 saturated carbocycles. The fraction of sp³-hybridized carbons (Fsp3) is 0.364. The van der Waals surface area contributed by atoms with Crippen LogP contribution in [0.1, 0.15) is 42.2 Å². The molecule has 1 amide bonds. The van der Waals surface area contributed by atoms with Crippen LogP contribution in [0.2, 0.25) is 0 Å². The SMILES string of the molecule is CC(C)[C@@H](NC(=O)COC(=O)c1cccc(F)c1)c1ccc2c(c1)OCCCO2. The molecule has 0 aromatic heterocycles. The third-order valence-electron chi connectivity index (χ3n) is 4.51. The minimum Gasteiger partial charge on any atom is -0.490 e. The maximum Gasteiger partial charge on any atom is 0.338 e. The molecule has 2 aromatic rings. The summed E-state index contributed by atoms with van der Waals surface area (Å²) >= 11 is 0. The molecule has 3 rings (SSSR count). The number of hydrogen-bond donors (Lipinski definition) is 1. The van der Waals surface area contributed by atoms with E-state index >= 15 is 0 Å². The number of ether oxygens (including phenoxy) is 3. The van der Waals surface area contributed by atoms with Gasteiger partial charge in [-0.25, -0.2) is 9.18 Å². The maximum absolute atomic E-state index is 13.2. The first kappa shape index (κ1) is 20.6. The van der Waals surface area contributed by atoms with Gasteiger partial charge in [-0.15, -0.1) is 0 Å². The summed E-state index contributed by atoms with van der Waals surface area (Å²) in [5.74, 6) is -0.320. The van der Waals surface area contributed by atoms with Crippen molar-refractivity contribution < 1.29 is 28.2 Å². The van der Waals surface area contributed by atoms with Gasteiger partial charge in [-0.05, 0) is 41.8 Å². The lowest BCUT2D eigenvalue weighted by Crippen LogP contribution is -2.35. The van der Waals surface area contributed by atoms with Crippen molar-refractivity contribution in [3.8, 4) is 11.5 Å². The third-order valence-corrected chi connectivity index (χ3v) is 4.51. The lowest BCUT2D eigenvalue weighted by Gasteiger charge is -2.23. The van der Waals surface area contributed by atoms with E-state index in [9.17, 15) is 14.0 Å². The van der Waals surface area contributed by atoms with Crippen molar-refractivity contribution in [3.63, 3.8) is 0 Å². The highest BCUT2D eigenvalue weighted by molar-refractivity contribution is 5.91. The van der Waals surface area contributed by atoms with Gasteiger partial charge in [0.25, 0.3) is 5.91 Å². The highest BCUT2D eigenvalue weighted by Crippen LogP contribution is 2.34. The predicted octanol–water partition coefficient (Wildman–Crippen LogP) is 3.66. The molecule has 1 heterocycles. The van der Waals surface area contributed by atoms with Crippen molar-refractivity contribution in [3.05, 3.63) is 59.4 Å². The molecule has 29 heavy (non-hydrogen) atoms. The summed E-state index contributed by atoms with van der Waals surface area (Å²) in [6.07, 6.45) is 0.811. The Balaban J connectivity index is 1.63. The second-order valence-corrected chi connectivity index (χ2v) is 7.13. The first-order valence-electron chi connectivity index (χ1n) is 9.55. The predicted molar refractivity (Wildman–Crippen MR) is 104 cm³/mol. The summed E-state index contributed by atoms with van der Waals surface area (Å²) in [7, 11) is 0. The smallest absolute Gasteiger partial charge is 0.338 e. The summed E-state index contributed by atoms with van der Waals surface area (Å²) in [5, 5.41) is 2.89. The van der Waals surface area contributed by atoms with Crippen molar-refractivity contribution >= 4 is 11.9 Å². The molecular weight excluding hydrogens is 377 g/mol. The number of rotatable bonds is 6. The fourth-order valence-electron chi connectivity index (χ4n) is 3.05. The molecule has 0 radical (unpaired) electrons. The zero-order valence-corrected chi connectivity index (χ0v) is 16.4. The molecule has 0 spiro atoms. The van der Waals surface area contributed by atoms with Crippen molar-refractivity contribution in [1.82, 2.24) is 5.32 Å². The van der Waals surface area contributed by atoms with Crippen LogP contribution in [0.4, 0.5) is 4.39 Å². The zero-order valence-electron chi connectivity index (χ0n) is 16.4. The van der Waals surface area contributed by atoms with Crippen LogP contribution in [0, 0.1) is 11.7 Å². The van der Waals surface area contributed by atoms with Gasteiger partial charge in [-0.2, -0.15) is 0 Å². The van der Waals surface area contributed by atoms with Gasteiger partial charge in [0.15, 0.2) is 18.1 Å². The number of carbonyl (C=O) groups is 2. The summed E-state index contributed by atoms with van der Waals surface area (Å²) in [6, 6.07) is 10.4. The summed E-state index contributed by atoms with van der Waals surface area (Å²) in [6.45, 7) is 4.68. The molecule has 0 aliphatic carbocycles. The molecule has 0 unspecified atom stereocenters. The van der Waals surface area contributed by atoms with Crippen molar-refractivity contribution in [2.24, 2.45) is 5.92 Å². The van der Waals surface area contributed by atoms with E-state index in [1.807, 2.05) is 32.0 Å². The molecule has 6 nitrogen and oxygen atoms in total. The largest absolute Gasteiger partial charge is 0.490 e. The monoisotopic (exact) mass is 401 g/mol. The molecule has 154 valence electrons. The third kappa shape index (κ3) is 5.47. The lowest BCUT2D eigenvalue weighted by atomic mass is 9.95. The number of amides is 1. The van der Waals surface area contributed by atoms with E-state index in [4.69, 9.17) is 14.2 Å². The maximum atomic E-state index is 13.2. The van der Waals surface area contributed by atoms with E-state index in [0.29, 0.717) is 24.7 Å². The van der Waals surface area contributed by atoms with Crippen molar-refractivity contribution in [1.29, 1.82) is 0 Å². The van der Waals surface area contributed by atoms with Gasteiger partial charge in [0.05, 0.1) is 24.8 Å². The van der Waals surface area contributed by atoms with Gasteiger partial charge in [0.1, 0.15) is 5.82 Å². The van der Waals surface area contributed by atoms with Gasteiger partial charge in [-0.1, -0.05) is 26.0 Å². The van der Waals surface area contributed by atoms with Crippen LogP contribution in [0.15, 0.2) is 42.5 Å². The van der Waals surface area contributed by atoms with E-state index in [2.05, 4.69) is 5.32 Å². The van der Waals surface area contributed by atoms with Crippen LogP contribution in [-0.2, 0) is 9.53 Å². The Morgan fingerprint density at radius 3 is 2.59 bits per heavy atom. The minimum absolute atomic E-state index is 0.0566. The first-order valence-corrected chi connectivity index (χ1v) is 9.55. The number of carbonyl (C=O) groups excluding carboxylic acids is 2. The molecule has 0 fully saturated rings. The number of benzene rings is 2. The molecule has 2 aromatic carbocycles. The molecule has 7 heteroatoms.